The van der Waals surface area contributed by atoms with Gasteiger partial charge < -0.3 is 19.1 Å². The van der Waals surface area contributed by atoms with Crippen molar-refractivity contribution < 1.29 is 19.0 Å². The van der Waals surface area contributed by atoms with E-state index in [4.69, 9.17) is 14.2 Å². The van der Waals surface area contributed by atoms with Crippen LogP contribution in [0.25, 0.3) is 0 Å². The normalized spacial score (nSPS) is 19.4. The summed E-state index contributed by atoms with van der Waals surface area (Å²) in [6.45, 7) is 1.63. The quantitative estimate of drug-likeness (QED) is 0.828. The zero-order valence-electron chi connectivity index (χ0n) is 13.1. The summed E-state index contributed by atoms with van der Waals surface area (Å²) in [7, 11) is 6.83. The molecule has 0 bridgehead atoms. The lowest BCUT2D eigenvalue weighted by Crippen LogP contribution is -2.39. The van der Waals surface area contributed by atoms with E-state index in [2.05, 4.69) is 4.90 Å². The molecule has 1 saturated heterocycles. The Morgan fingerprint density at radius 1 is 1.14 bits per heavy atom. The second-order valence-corrected chi connectivity index (χ2v) is 5.37. The Labute approximate surface area is 125 Å². The van der Waals surface area contributed by atoms with Crippen LogP contribution in [0.2, 0.25) is 0 Å². The van der Waals surface area contributed by atoms with Gasteiger partial charge in [-0.2, -0.15) is 0 Å². The van der Waals surface area contributed by atoms with E-state index < -0.39 is 0 Å². The summed E-state index contributed by atoms with van der Waals surface area (Å²) < 4.78 is 16.2. The third-order valence-electron chi connectivity index (χ3n) is 3.98. The molecule has 1 aromatic rings. The van der Waals surface area contributed by atoms with Crippen LogP contribution in [0.5, 0.6) is 17.2 Å². The molecule has 0 aliphatic carbocycles. The minimum Gasteiger partial charge on any atom is -0.493 e. The predicted molar refractivity (Wildman–Crippen MR) is 80.4 cm³/mol. The highest BCUT2D eigenvalue weighted by Crippen LogP contribution is 2.40. The van der Waals surface area contributed by atoms with Gasteiger partial charge in [0.1, 0.15) is 5.78 Å². The Morgan fingerprint density at radius 3 is 2.48 bits per heavy atom. The molecule has 0 aromatic heterocycles. The van der Waals surface area contributed by atoms with E-state index in [0.29, 0.717) is 35.9 Å². The molecule has 0 spiro atoms. The Balaban J connectivity index is 2.29. The summed E-state index contributed by atoms with van der Waals surface area (Å²) >= 11 is 0. The fourth-order valence-corrected chi connectivity index (χ4v) is 2.84. The summed E-state index contributed by atoms with van der Waals surface area (Å²) in [5.74, 6) is 2.19. The molecule has 1 aromatic carbocycles. The molecule has 0 amide bonds. The van der Waals surface area contributed by atoms with E-state index in [9.17, 15) is 4.79 Å². The van der Waals surface area contributed by atoms with Crippen molar-refractivity contribution >= 4 is 5.78 Å². The first-order valence-corrected chi connectivity index (χ1v) is 7.09. The van der Waals surface area contributed by atoms with Crippen LogP contribution in [0.15, 0.2) is 12.1 Å². The molecular formula is C16H23NO4. The lowest BCUT2D eigenvalue weighted by molar-refractivity contribution is -0.125. The molecule has 1 fully saturated rings. The van der Waals surface area contributed by atoms with Crippen LogP contribution in [-0.4, -0.2) is 52.1 Å². The van der Waals surface area contributed by atoms with Gasteiger partial charge in [0.05, 0.1) is 21.3 Å². The maximum absolute atomic E-state index is 12.1. The second kappa shape index (κ2) is 6.80. The molecule has 2 rings (SSSR count). The first kappa shape index (κ1) is 15.6. The number of hydrogen-bond donors (Lipinski definition) is 0. The highest BCUT2D eigenvalue weighted by molar-refractivity contribution is 5.82. The van der Waals surface area contributed by atoms with Crippen LogP contribution < -0.4 is 14.2 Å². The van der Waals surface area contributed by atoms with Gasteiger partial charge in [0, 0.05) is 25.4 Å². The van der Waals surface area contributed by atoms with Crippen molar-refractivity contribution in [3.8, 4) is 17.2 Å². The van der Waals surface area contributed by atoms with Crippen LogP contribution in [0.3, 0.4) is 0 Å². The predicted octanol–water partition coefficient (Wildman–Crippen LogP) is 1.78. The fourth-order valence-electron chi connectivity index (χ4n) is 2.84. The van der Waals surface area contributed by atoms with Gasteiger partial charge in [0.15, 0.2) is 11.5 Å². The molecule has 0 saturated carbocycles. The summed E-state index contributed by atoms with van der Waals surface area (Å²) in [4.78, 5) is 14.3. The summed E-state index contributed by atoms with van der Waals surface area (Å²) in [5, 5.41) is 0. The SMILES string of the molecule is COc1ccc(C[C@@H]2CN(C)CCC2=O)c(OC)c1OC. The van der Waals surface area contributed by atoms with E-state index >= 15 is 0 Å². The smallest absolute Gasteiger partial charge is 0.203 e. The molecule has 116 valence electrons. The topological polar surface area (TPSA) is 48.0 Å². The monoisotopic (exact) mass is 293 g/mol. The average molecular weight is 293 g/mol. The van der Waals surface area contributed by atoms with Gasteiger partial charge in [-0.1, -0.05) is 6.07 Å². The van der Waals surface area contributed by atoms with Crippen molar-refractivity contribution in [2.45, 2.75) is 12.8 Å². The minimum atomic E-state index is 0.00995. The molecule has 1 heterocycles. The maximum atomic E-state index is 12.1. The molecule has 0 unspecified atom stereocenters. The number of methoxy groups -OCH3 is 3. The van der Waals surface area contributed by atoms with Crippen molar-refractivity contribution in [1.82, 2.24) is 4.90 Å². The first-order valence-electron chi connectivity index (χ1n) is 7.09. The second-order valence-electron chi connectivity index (χ2n) is 5.37. The number of nitrogens with zero attached hydrogens (tertiary/aromatic N) is 1. The van der Waals surface area contributed by atoms with Crippen LogP contribution in [-0.2, 0) is 11.2 Å². The summed E-state index contributed by atoms with van der Waals surface area (Å²) in [6, 6.07) is 3.80. The number of ketones is 1. The van der Waals surface area contributed by atoms with Gasteiger partial charge in [-0.15, -0.1) is 0 Å². The highest BCUT2D eigenvalue weighted by Gasteiger charge is 2.27. The van der Waals surface area contributed by atoms with Crippen LogP contribution >= 0.6 is 0 Å². The molecule has 1 aliphatic heterocycles. The number of carbonyl (C=O) groups excluding carboxylic acids is 1. The van der Waals surface area contributed by atoms with E-state index in [1.165, 1.54) is 0 Å². The molecule has 1 atom stereocenters. The largest absolute Gasteiger partial charge is 0.493 e. The van der Waals surface area contributed by atoms with E-state index in [-0.39, 0.29) is 5.92 Å². The number of likely N-dealkylation sites (tertiary alicyclic amines) is 1. The highest BCUT2D eigenvalue weighted by atomic mass is 16.5. The molecule has 0 N–H and O–H groups in total. The average Bonchev–Trinajstić information content (AvgIpc) is 2.50. The lowest BCUT2D eigenvalue weighted by Gasteiger charge is -2.29. The first-order chi connectivity index (χ1) is 10.1. The molecule has 1 aliphatic rings. The van der Waals surface area contributed by atoms with Crippen LogP contribution in [0.1, 0.15) is 12.0 Å². The van der Waals surface area contributed by atoms with Crippen LogP contribution in [0.4, 0.5) is 0 Å². The Hall–Kier alpha value is -1.75. The number of rotatable bonds is 5. The van der Waals surface area contributed by atoms with Crippen molar-refractivity contribution in [2.24, 2.45) is 5.92 Å². The summed E-state index contributed by atoms with van der Waals surface area (Å²) in [6.07, 6.45) is 1.28. The molecular weight excluding hydrogens is 270 g/mol. The zero-order chi connectivity index (χ0) is 15.4. The van der Waals surface area contributed by atoms with Crippen molar-refractivity contribution in [3.05, 3.63) is 17.7 Å². The van der Waals surface area contributed by atoms with Crippen molar-refractivity contribution in [3.63, 3.8) is 0 Å². The fraction of sp³-hybridized carbons (Fsp3) is 0.562. The lowest BCUT2D eigenvalue weighted by atomic mass is 9.90. The van der Waals surface area contributed by atoms with Crippen molar-refractivity contribution in [1.29, 1.82) is 0 Å². The van der Waals surface area contributed by atoms with E-state index in [1.54, 1.807) is 21.3 Å². The van der Waals surface area contributed by atoms with E-state index in [1.807, 2.05) is 19.2 Å². The number of piperidine rings is 1. The van der Waals surface area contributed by atoms with E-state index in [0.717, 1.165) is 18.7 Å². The number of Topliss-reactive ketones (excluding diaryl/α,β-unsaturated/α-hetero) is 1. The van der Waals surface area contributed by atoms with Gasteiger partial charge in [-0.25, -0.2) is 0 Å². The third kappa shape index (κ3) is 3.29. The maximum Gasteiger partial charge on any atom is 0.203 e. The van der Waals surface area contributed by atoms with Gasteiger partial charge in [0.25, 0.3) is 0 Å². The Morgan fingerprint density at radius 2 is 1.86 bits per heavy atom. The van der Waals surface area contributed by atoms with Gasteiger partial charge in [0.2, 0.25) is 5.75 Å². The molecule has 5 heteroatoms. The van der Waals surface area contributed by atoms with Crippen molar-refractivity contribution in [2.75, 3.05) is 41.5 Å². The zero-order valence-corrected chi connectivity index (χ0v) is 13.1. The third-order valence-corrected chi connectivity index (χ3v) is 3.98. The molecule has 5 nitrogen and oxygen atoms in total. The molecule has 21 heavy (non-hydrogen) atoms. The van der Waals surface area contributed by atoms with Gasteiger partial charge in [-0.05, 0) is 25.1 Å². The number of benzene rings is 1. The Kier molecular flexibility index (Phi) is 5.07. The minimum absolute atomic E-state index is 0.00995. The Bertz CT molecular complexity index is 515. The van der Waals surface area contributed by atoms with Crippen LogP contribution in [0, 0.1) is 5.92 Å². The summed E-state index contributed by atoms with van der Waals surface area (Å²) in [5.41, 5.74) is 0.976. The number of hydrogen-bond acceptors (Lipinski definition) is 5. The standard InChI is InChI=1S/C16H23NO4/c1-17-8-7-13(18)12(10-17)9-11-5-6-14(19-2)16(21-4)15(11)20-3/h5-6,12H,7-10H2,1-4H3/t12-/m1/s1. The molecule has 0 radical (unpaired) electrons. The number of carbonyl (C=O) groups is 1. The van der Waals surface area contributed by atoms with Gasteiger partial charge >= 0.3 is 0 Å². The van der Waals surface area contributed by atoms with Gasteiger partial charge in [-0.3, -0.25) is 4.79 Å². The number of ether oxygens (including phenoxy) is 3.